The van der Waals surface area contributed by atoms with Gasteiger partial charge in [-0.15, -0.1) is 20.4 Å². The second-order valence-corrected chi connectivity index (χ2v) is 11.2. The van der Waals surface area contributed by atoms with Gasteiger partial charge in [-0.2, -0.15) is 0 Å². The molecule has 5 aromatic carbocycles. The number of hydrogen-bond acceptors (Lipinski definition) is 10. The van der Waals surface area contributed by atoms with Gasteiger partial charge < -0.3 is 9.47 Å². The van der Waals surface area contributed by atoms with E-state index in [9.17, 15) is 0 Å². The number of rotatable bonds is 9. The lowest BCUT2D eigenvalue weighted by Crippen LogP contribution is -2.09. The van der Waals surface area contributed by atoms with E-state index >= 15 is 0 Å². The molecular weight excluding hydrogens is 628 g/mol. The number of ether oxygens (including phenoxy) is 2. The van der Waals surface area contributed by atoms with Gasteiger partial charge in [0, 0.05) is 11.1 Å². The lowest BCUT2D eigenvalue weighted by atomic mass is 9.92. The Labute approximate surface area is 286 Å². The number of hydrogen-bond donors (Lipinski definition) is 0. The Bertz CT molecular complexity index is 2280. The number of fused-ring (bicyclic) bond motifs is 2. The highest BCUT2D eigenvalue weighted by Crippen LogP contribution is 2.41. The van der Waals surface area contributed by atoms with Crippen LogP contribution in [0.3, 0.4) is 0 Å². The second kappa shape index (κ2) is 13.3. The maximum Gasteiger partial charge on any atom is 0.316 e. The largest absolute Gasteiger partial charge is 0.479 e. The molecule has 50 heavy (non-hydrogen) atoms. The van der Waals surface area contributed by atoms with Gasteiger partial charge in [0.05, 0.1) is 36.4 Å². The van der Waals surface area contributed by atoms with E-state index in [0.717, 1.165) is 33.4 Å². The maximum absolute atomic E-state index is 5.94. The lowest BCUT2D eigenvalue weighted by Gasteiger charge is -2.15. The smallest absolute Gasteiger partial charge is 0.316 e. The van der Waals surface area contributed by atoms with E-state index in [1.54, 1.807) is 7.11 Å². The van der Waals surface area contributed by atoms with Crippen molar-refractivity contribution in [2.75, 3.05) is 14.2 Å². The predicted molar refractivity (Wildman–Crippen MR) is 191 cm³/mol. The molecule has 0 fully saturated rings. The average molecular weight is 657 g/mol. The van der Waals surface area contributed by atoms with Crippen LogP contribution in [-0.4, -0.2) is 44.6 Å². The Balaban J connectivity index is 1.27. The van der Waals surface area contributed by atoms with Crippen molar-refractivity contribution in [2.24, 2.45) is 0 Å². The van der Waals surface area contributed by atoms with Gasteiger partial charge in [0.2, 0.25) is 5.88 Å². The Morgan fingerprint density at radius 1 is 0.380 bits per heavy atom. The highest BCUT2D eigenvalue weighted by atomic mass is 17.2. The van der Waals surface area contributed by atoms with Crippen LogP contribution in [0, 0.1) is 0 Å². The molecular formula is C40H28N6O4. The van der Waals surface area contributed by atoms with E-state index in [2.05, 4.69) is 44.7 Å². The van der Waals surface area contributed by atoms with E-state index in [-0.39, 0.29) is 23.2 Å². The third kappa shape index (κ3) is 5.64. The van der Waals surface area contributed by atoms with E-state index < -0.39 is 0 Å². The summed E-state index contributed by atoms with van der Waals surface area (Å²) in [7, 11) is 3.06. The third-order valence-electron chi connectivity index (χ3n) is 8.23. The molecule has 0 amide bonds. The van der Waals surface area contributed by atoms with Gasteiger partial charge in [-0.25, -0.2) is 9.97 Å². The Hall–Kier alpha value is -6.94. The van der Waals surface area contributed by atoms with Gasteiger partial charge in [0.1, 0.15) is 0 Å². The molecule has 8 aromatic rings. The summed E-state index contributed by atoms with van der Waals surface area (Å²) in [4.78, 5) is 21.9. The Kier molecular flexibility index (Phi) is 8.08. The van der Waals surface area contributed by atoms with E-state index in [0.29, 0.717) is 33.6 Å². The number of methoxy groups -OCH3 is 2. The summed E-state index contributed by atoms with van der Waals surface area (Å²) < 4.78 is 11.2. The van der Waals surface area contributed by atoms with Crippen LogP contribution in [0.2, 0.25) is 0 Å². The molecule has 0 saturated carbocycles. The third-order valence-corrected chi connectivity index (χ3v) is 8.23. The molecule has 8 rings (SSSR count). The molecule has 0 unspecified atom stereocenters. The van der Waals surface area contributed by atoms with Crippen LogP contribution in [-0.2, 0) is 0 Å². The van der Waals surface area contributed by atoms with Crippen molar-refractivity contribution in [3.05, 3.63) is 133 Å². The zero-order chi connectivity index (χ0) is 33.9. The lowest BCUT2D eigenvalue weighted by molar-refractivity contribution is -0.107. The number of nitrogens with zero attached hydrogens (tertiary/aromatic N) is 6. The van der Waals surface area contributed by atoms with Crippen LogP contribution in [0.15, 0.2) is 133 Å². The zero-order valence-corrected chi connectivity index (χ0v) is 27.0. The van der Waals surface area contributed by atoms with Gasteiger partial charge in [0.25, 0.3) is 11.8 Å². The minimum Gasteiger partial charge on any atom is -0.479 e. The number of aromatic nitrogens is 6. The van der Waals surface area contributed by atoms with Crippen molar-refractivity contribution in [3.63, 3.8) is 0 Å². The summed E-state index contributed by atoms with van der Waals surface area (Å²) >= 11 is 0. The van der Waals surface area contributed by atoms with Gasteiger partial charge in [-0.3, -0.25) is 9.78 Å². The molecule has 0 atom stereocenters. The molecule has 3 aromatic heterocycles. The fourth-order valence-corrected chi connectivity index (χ4v) is 5.86. The highest BCUT2D eigenvalue weighted by molar-refractivity contribution is 6.00. The topological polar surface area (TPSA) is 114 Å². The normalized spacial score (nSPS) is 11.0. The first-order valence-electron chi connectivity index (χ1n) is 15.8. The highest BCUT2D eigenvalue weighted by Gasteiger charge is 2.23. The zero-order valence-electron chi connectivity index (χ0n) is 27.0. The molecule has 0 aliphatic heterocycles. The minimum atomic E-state index is -0.0277. The van der Waals surface area contributed by atoms with Crippen molar-refractivity contribution in [2.45, 2.75) is 0 Å². The predicted octanol–water partition coefficient (Wildman–Crippen LogP) is 8.42. The number of benzene rings is 5. The van der Waals surface area contributed by atoms with E-state index in [1.165, 1.54) is 7.11 Å². The molecule has 0 radical (unpaired) electrons. The van der Waals surface area contributed by atoms with Crippen LogP contribution in [0.25, 0.3) is 66.6 Å². The fourth-order valence-electron chi connectivity index (χ4n) is 5.86. The van der Waals surface area contributed by atoms with Gasteiger partial charge in [-0.05, 0) is 34.4 Å². The molecule has 0 bridgehead atoms. The summed E-state index contributed by atoms with van der Waals surface area (Å²) in [6.07, 6.45) is 0. The van der Waals surface area contributed by atoms with Crippen LogP contribution >= 0.6 is 0 Å². The first kappa shape index (κ1) is 30.4. The Morgan fingerprint density at radius 3 is 1.22 bits per heavy atom. The van der Waals surface area contributed by atoms with Gasteiger partial charge >= 0.3 is 5.88 Å². The van der Waals surface area contributed by atoms with Crippen molar-refractivity contribution < 1.29 is 19.2 Å². The molecule has 10 nitrogen and oxygen atoms in total. The molecule has 0 saturated heterocycles. The van der Waals surface area contributed by atoms with Crippen LogP contribution < -0.4 is 19.2 Å². The first-order chi connectivity index (χ1) is 24.7. The van der Waals surface area contributed by atoms with Crippen molar-refractivity contribution >= 4 is 21.8 Å². The van der Waals surface area contributed by atoms with Crippen molar-refractivity contribution in [1.29, 1.82) is 0 Å². The van der Waals surface area contributed by atoms with E-state index in [1.807, 2.05) is 109 Å². The van der Waals surface area contributed by atoms with Crippen LogP contribution in [0.1, 0.15) is 0 Å². The molecule has 0 spiro atoms. The summed E-state index contributed by atoms with van der Waals surface area (Å²) in [6, 6.07) is 43.9. The van der Waals surface area contributed by atoms with Crippen LogP contribution in [0.5, 0.6) is 23.5 Å². The molecule has 242 valence electrons. The minimum absolute atomic E-state index is 0.0277. The molecule has 3 heterocycles. The second-order valence-electron chi connectivity index (χ2n) is 11.2. The Morgan fingerprint density at radius 2 is 0.740 bits per heavy atom. The molecule has 0 aliphatic rings. The average Bonchev–Trinajstić information content (AvgIpc) is 3.20. The van der Waals surface area contributed by atoms with Gasteiger partial charge in [0.15, 0.2) is 11.0 Å². The van der Waals surface area contributed by atoms with E-state index in [4.69, 9.17) is 29.2 Å². The fraction of sp³-hybridized carbons (Fsp3) is 0.0500. The summed E-state index contributed by atoms with van der Waals surface area (Å²) in [5.74, 6) is 0.596. The molecule has 0 aliphatic carbocycles. The van der Waals surface area contributed by atoms with Gasteiger partial charge in [-0.1, -0.05) is 121 Å². The first-order valence-corrected chi connectivity index (χ1v) is 15.8. The molecule has 10 heteroatoms. The van der Waals surface area contributed by atoms with Crippen molar-refractivity contribution in [3.8, 4) is 68.3 Å². The standard InChI is InChI=1S/C40H28N6O4/c1-47-37-31-23-29(25-15-7-3-8-16-25)30(26-17-9-4-10-18-26)24-32(31)38(44-43-37)49-50-40-36-35(39(48-2)45-46-40)41-33(27-19-11-5-12-20-27)34(42-36)28-21-13-6-14-22-28/h3-24H,1-2H3. The SMILES string of the molecule is COc1nnc(OOc2nnc(OC)c3nc(-c4ccccc4)c(-c4ccccc4)nc23)c2cc(-c3ccccc3)c(-c3ccccc3)cc12. The maximum atomic E-state index is 5.94. The summed E-state index contributed by atoms with van der Waals surface area (Å²) in [5.41, 5.74) is 7.66. The van der Waals surface area contributed by atoms with Crippen LogP contribution in [0.4, 0.5) is 0 Å². The summed E-state index contributed by atoms with van der Waals surface area (Å²) in [6.45, 7) is 0. The quantitative estimate of drug-likeness (QED) is 0.111. The van der Waals surface area contributed by atoms with Crippen molar-refractivity contribution in [1.82, 2.24) is 30.4 Å². The monoisotopic (exact) mass is 656 g/mol. The summed E-state index contributed by atoms with van der Waals surface area (Å²) in [5, 5.41) is 18.4. The molecule has 0 N–H and O–H groups in total.